The number of hydrogen-bond donors (Lipinski definition) is 3. The number of carbonyl (C=O) groups is 2. The van der Waals surface area contributed by atoms with Crippen molar-refractivity contribution in [3.05, 3.63) is 12.2 Å². The Bertz CT molecular complexity index is 1160. The van der Waals surface area contributed by atoms with Crippen LogP contribution in [0.3, 0.4) is 0 Å². The molecule has 0 aliphatic carbocycles. The molecule has 0 radical (unpaired) electrons. The van der Waals surface area contributed by atoms with Gasteiger partial charge in [-0.3, -0.25) is 9.59 Å². The van der Waals surface area contributed by atoms with Gasteiger partial charge >= 0.3 is 5.97 Å². The van der Waals surface area contributed by atoms with E-state index in [1.807, 2.05) is 0 Å². The molecule has 0 aliphatic heterocycles. The van der Waals surface area contributed by atoms with E-state index in [2.05, 4.69) is 31.3 Å². The number of carbonyl (C=O) groups excluding carboxylic acids is 2. The van der Waals surface area contributed by atoms with Gasteiger partial charge in [-0.1, -0.05) is 353 Å². The van der Waals surface area contributed by atoms with Gasteiger partial charge in [-0.25, -0.2) is 0 Å². The minimum absolute atomic E-state index is 0.0125. The fraction of sp³-hybridized carbons (Fsp3) is 0.944. The highest BCUT2D eigenvalue weighted by atomic mass is 16.5. The Balaban J connectivity index is 3.41. The second-order valence-corrected chi connectivity index (χ2v) is 24.6. The van der Waals surface area contributed by atoms with E-state index >= 15 is 0 Å². The molecule has 3 N–H and O–H groups in total. The summed E-state index contributed by atoms with van der Waals surface area (Å²) < 4.78 is 5.49. The van der Waals surface area contributed by atoms with Crippen molar-refractivity contribution < 1.29 is 24.5 Å². The standard InChI is InChI=1S/C71H139NO5/c1-3-5-7-9-11-13-15-17-19-20-21-22-23-24-26-29-32-36-39-43-47-51-55-59-63-69(74)68(67-73)72-70(75)64-60-56-52-48-44-40-37-33-30-27-25-28-31-34-38-42-46-50-54-58-62-66-77-71(76)65-61-57-53-49-45-41-35-18-16-14-12-10-8-6-4-2/h27,30,68-69,73-74H,3-26,28-29,31-67H2,1-2H3,(H,72,75)/b30-27-. The van der Waals surface area contributed by atoms with Crippen LogP contribution in [0.25, 0.3) is 0 Å². The molecule has 0 aliphatic rings. The molecule has 2 atom stereocenters. The van der Waals surface area contributed by atoms with E-state index in [9.17, 15) is 19.8 Å². The van der Waals surface area contributed by atoms with Gasteiger partial charge in [0.2, 0.25) is 5.91 Å². The van der Waals surface area contributed by atoms with Crippen LogP contribution < -0.4 is 5.32 Å². The number of amides is 1. The molecule has 0 rings (SSSR count). The predicted octanol–water partition coefficient (Wildman–Crippen LogP) is 22.8. The molecule has 6 heteroatoms. The lowest BCUT2D eigenvalue weighted by Crippen LogP contribution is -2.45. The van der Waals surface area contributed by atoms with Crippen LogP contribution in [0.4, 0.5) is 0 Å². The summed E-state index contributed by atoms with van der Waals surface area (Å²) in [5, 5.41) is 23.4. The minimum Gasteiger partial charge on any atom is -0.466 e. The highest BCUT2D eigenvalue weighted by molar-refractivity contribution is 5.76. The zero-order valence-corrected chi connectivity index (χ0v) is 52.5. The van der Waals surface area contributed by atoms with Crippen LogP contribution in [0.1, 0.15) is 406 Å². The maximum Gasteiger partial charge on any atom is 0.305 e. The Kier molecular flexibility index (Phi) is 65.9. The SMILES string of the molecule is CCCCCCCCCCCCCCCCCCCCCCCCCCC(O)C(CO)NC(=O)CCCCCCCCC/C=C\CCCCCCCCCCCCOC(=O)CCCCCCCCCCCCCCCCC. The third kappa shape index (κ3) is 63.6. The monoisotopic (exact) mass is 1090 g/mol. The van der Waals surface area contributed by atoms with Crippen LogP contribution >= 0.6 is 0 Å². The van der Waals surface area contributed by atoms with E-state index in [4.69, 9.17) is 4.74 Å². The molecule has 0 heterocycles. The number of ether oxygens (including phenoxy) is 1. The third-order valence-electron chi connectivity index (χ3n) is 16.8. The average molecular weight is 1090 g/mol. The molecule has 2 unspecified atom stereocenters. The Morgan fingerprint density at radius 3 is 0.922 bits per heavy atom. The van der Waals surface area contributed by atoms with Crippen molar-refractivity contribution >= 4 is 11.9 Å². The maximum atomic E-state index is 12.6. The zero-order chi connectivity index (χ0) is 55.7. The van der Waals surface area contributed by atoms with Gasteiger partial charge in [0.1, 0.15) is 0 Å². The summed E-state index contributed by atoms with van der Waals surface area (Å²) in [4.78, 5) is 24.6. The number of aliphatic hydroxyl groups is 2. The van der Waals surface area contributed by atoms with Crippen molar-refractivity contribution in [2.75, 3.05) is 13.2 Å². The largest absolute Gasteiger partial charge is 0.466 e. The molecule has 0 saturated carbocycles. The van der Waals surface area contributed by atoms with Crippen LogP contribution in [0, 0.1) is 0 Å². The molecule has 0 saturated heterocycles. The molecule has 458 valence electrons. The quantitative estimate of drug-likeness (QED) is 0.0320. The molecule has 0 fully saturated rings. The molecule has 0 aromatic rings. The lowest BCUT2D eigenvalue weighted by atomic mass is 10.0. The van der Waals surface area contributed by atoms with Gasteiger partial charge in [0.05, 0.1) is 25.4 Å². The fourth-order valence-electron chi connectivity index (χ4n) is 11.4. The van der Waals surface area contributed by atoms with Crippen molar-refractivity contribution in [3.8, 4) is 0 Å². The van der Waals surface area contributed by atoms with Crippen LogP contribution in [0.5, 0.6) is 0 Å². The van der Waals surface area contributed by atoms with Gasteiger partial charge < -0.3 is 20.3 Å². The van der Waals surface area contributed by atoms with E-state index in [-0.39, 0.29) is 18.5 Å². The van der Waals surface area contributed by atoms with Crippen LogP contribution in [0.15, 0.2) is 12.2 Å². The van der Waals surface area contributed by atoms with Crippen LogP contribution in [-0.2, 0) is 14.3 Å². The van der Waals surface area contributed by atoms with Crippen LogP contribution in [0.2, 0.25) is 0 Å². The molecule has 0 bridgehead atoms. The summed E-state index contributed by atoms with van der Waals surface area (Å²) in [7, 11) is 0. The molecule has 1 amide bonds. The summed E-state index contributed by atoms with van der Waals surface area (Å²) in [5.74, 6) is -0.0250. The number of hydrogen-bond acceptors (Lipinski definition) is 5. The Morgan fingerprint density at radius 2 is 0.610 bits per heavy atom. The van der Waals surface area contributed by atoms with Crippen molar-refractivity contribution in [2.45, 2.75) is 418 Å². The molecule has 6 nitrogen and oxygen atoms in total. The Morgan fingerprint density at radius 1 is 0.351 bits per heavy atom. The lowest BCUT2D eigenvalue weighted by molar-refractivity contribution is -0.143. The first kappa shape index (κ1) is 75.6. The first-order valence-electron chi connectivity index (χ1n) is 35.4. The number of aliphatic hydroxyl groups excluding tert-OH is 2. The van der Waals surface area contributed by atoms with Gasteiger partial charge in [0.15, 0.2) is 0 Å². The van der Waals surface area contributed by atoms with Crippen molar-refractivity contribution in [2.24, 2.45) is 0 Å². The molecular formula is C71H139NO5. The van der Waals surface area contributed by atoms with Crippen molar-refractivity contribution in [1.29, 1.82) is 0 Å². The summed E-state index contributed by atoms with van der Waals surface area (Å²) in [6, 6.07) is -0.548. The zero-order valence-electron chi connectivity index (χ0n) is 52.5. The second-order valence-electron chi connectivity index (χ2n) is 24.6. The number of esters is 1. The second kappa shape index (κ2) is 67.1. The van der Waals surface area contributed by atoms with E-state index in [0.717, 1.165) is 38.5 Å². The summed E-state index contributed by atoms with van der Waals surface area (Å²) in [6.45, 7) is 4.99. The van der Waals surface area contributed by atoms with Gasteiger partial charge in [0, 0.05) is 12.8 Å². The van der Waals surface area contributed by atoms with Gasteiger partial charge in [-0.15, -0.1) is 0 Å². The van der Waals surface area contributed by atoms with Gasteiger partial charge in [0.25, 0.3) is 0 Å². The van der Waals surface area contributed by atoms with Crippen molar-refractivity contribution in [1.82, 2.24) is 5.32 Å². The topological polar surface area (TPSA) is 95.9 Å². The van der Waals surface area contributed by atoms with Crippen molar-refractivity contribution in [3.63, 3.8) is 0 Å². The normalized spacial score (nSPS) is 12.5. The highest BCUT2D eigenvalue weighted by Gasteiger charge is 2.20. The number of nitrogens with one attached hydrogen (secondary N) is 1. The molecule has 0 spiro atoms. The average Bonchev–Trinajstić information content (AvgIpc) is 3.43. The van der Waals surface area contributed by atoms with Crippen LogP contribution in [-0.4, -0.2) is 47.4 Å². The lowest BCUT2D eigenvalue weighted by Gasteiger charge is -2.22. The van der Waals surface area contributed by atoms with E-state index in [1.54, 1.807) is 0 Å². The predicted molar refractivity (Wildman–Crippen MR) is 338 cm³/mol. The smallest absolute Gasteiger partial charge is 0.305 e. The number of rotatable bonds is 67. The number of allylic oxidation sites excluding steroid dienone is 2. The van der Waals surface area contributed by atoms with E-state index < -0.39 is 12.1 Å². The van der Waals surface area contributed by atoms with E-state index in [0.29, 0.717) is 25.9 Å². The minimum atomic E-state index is -0.670. The summed E-state index contributed by atoms with van der Waals surface area (Å²) in [5.41, 5.74) is 0. The molecule has 0 aromatic heterocycles. The Labute approximate surface area is 482 Å². The first-order chi connectivity index (χ1) is 38.0. The van der Waals surface area contributed by atoms with E-state index in [1.165, 1.54) is 334 Å². The Hall–Kier alpha value is -1.40. The highest BCUT2D eigenvalue weighted by Crippen LogP contribution is 2.19. The third-order valence-corrected chi connectivity index (χ3v) is 16.8. The van der Waals surface area contributed by atoms with Gasteiger partial charge in [-0.05, 0) is 51.4 Å². The summed E-state index contributed by atoms with van der Waals surface area (Å²) >= 11 is 0. The maximum absolute atomic E-state index is 12.6. The first-order valence-corrected chi connectivity index (χ1v) is 35.4. The fourth-order valence-corrected chi connectivity index (χ4v) is 11.4. The molecular weight excluding hydrogens is 947 g/mol. The molecule has 0 aromatic carbocycles. The van der Waals surface area contributed by atoms with Gasteiger partial charge in [-0.2, -0.15) is 0 Å². The molecule has 77 heavy (non-hydrogen) atoms. The summed E-state index contributed by atoms with van der Waals surface area (Å²) in [6.07, 6.45) is 82.5. The number of unbranched alkanes of at least 4 members (excludes halogenated alkanes) is 54.